The van der Waals surface area contributed by atoms with Crippen LogP contribution in [0.1, 0.15) is 243 Å². The number of unbranched alkanes of at least 4 members (excludes halogenated alkanes) is 25. The molecular weight excluding hydrogens is 677 g/mol. The van der Waals surface area contributed by atoms with E-state index in [1.54, 1.807) is 4.70 Å². The summed E-state index contributed by atoms with van der Waals surface area (Å²) in [6.45, 7) is 9.10. The maximum atomic E-state index is 12.1. The van der Waals surface area contributed by atoms with Gasteiger partial charge in [0.15, 0.2) is 0 Å². The Balaban J connectivity index is 1.43. The first-order valence-electron chi connectivity index (χ1n) is 24.5. The van der Waals surface area contributed by atoms with Gasteiger partial charge in [-0.05, 0) is 86.8 Å². The van der Waals surface area contributed by atoms with Gasteiger partial charge in [-0.3, -0.25) is 0 Å². The second-order valence-electron chi connectivity index (χ2n) is 17.2. The molecule has 2 nitrogen and oxygen atoms in total. The Labute approximate surface area is 347 Å². The largest absolute Gasteiger partial charge is 0.493 e. The molecule has 2 aromatic carbocycles. The third-order valence-corrected chi connectivity index (χ3v) is 12.1. The molecule has 2 heteroatoms. The van der Waals surface area contributed by atoms with Crippen LogP contribution in [-0.2, 0) is 12.8 Å². The van der Waals surface area contributed by atoms with Crippen LogP contribution in [0.5, 0.6) is 0 Å². The lowest BCUT2D eigenvalue weighted by Gasteiger charge is -2.11. The van der Waals surface area contributed by atoms with Crippen molar-refractivity contribution in [3.8, 4) is 0 Å². The van der Waals surface area contributed by atoms with Gasteiger partial charge >= 0.3 is 0 Å². The molecule has 0 aliphatic carbocycles. The first kappa shape index (κ1) is 47.6. The quantitative estimate of drug-likeness (QED) is 0.0494. The fraction of sp³-hybridized carbons (Fsp3) is 0.667. The van der Waals surface area contributed by atoms with Crippen LogP contribution in [0, 0.1) is 0 Å². The minimum Gasteiger partial charge on any atom is -0.493 e. The van der Waals surface area contributed by atoms with Crippen molar-refractivity contribution < 1.29 is 4.70 Å². The molecule has 0 atom stereocenters. The third-order valence-electron chi connectivity index (χ3n) is 12.1. The summed E-state index contributed by atoms with van der Waals surface area (Å²) < 4.78 is 1.54. The summed E-state index contributed by atoms with van der Waals surface area (Å²) in [7, 11) is 0. The molecular formula is C54H86N2. The van der Waals surface area contributed by atoms with E-state index in [4.69, 9.17) is 0 Å². The van der Waals surface area contributed by atoms with Crippen molar-refractivity contribution in [2.45, 2.75) is 233 Å². The highest BCUT2D eigenvalue weighted by atomic mass is 15.2. The van der Waals surface area contributed by atoms with Crippen LogP contribution in [0.2, 0.25) is 0 Å². The smallest absolute Gasteiger partial charge is 0.215 e. The highest BCUT2D eigenvalue weighted by Gasteiger charge is 2.34. The Morgan fingerprint density at radius 3 is 1.23 bits per heavy atom. The summed E-state index contributed by atoms with van der Waals surface area (Å²) in [6.07, 6.45) is 47.3. The molecule has 3 rings (SSSR count). The molecule has 1 aliphatic heterocycles. The minimum absolute atomic E-state index is 0.953. The number of rotatable bonds is 35. The van der Waals surface area contributed by atoms with Crippen molar-refractivity contribution in [2.24, 2.45) is 0 Å². The lowest BCUT2D eigenvalue weighted by atomic mass is 9.93. The van der Waals surface area contributed by atoms with Crippen LogP contribution in [-0.4, -0.2) is 4.70 Å². The number of allylic oxidation sites excluding steroid dienone is 4. The number of aryl methyl sites for hydroxylation is 2. The zero-order valence-corrected chi connectivity index (χ0v) is 37.3. The van der Waals surface area contributed by atoms with Gasteiger partial charge in [0.25, 0.3) is 0 Å². The molecule has 0 N–H and O–H groups in total. The van der Waals surface area contributed by atoms with Crippen molar-refractivity contribution in [1.82, 2.24) is 0 Å². The summed E-state index contributed by atoms with van der Waals surface area (Å²) in [4.78, 5) is 0. The molecule has 0 bridgehead atoms. The zero-order valence-electron chi connectivity index (χ0n) is 37.3. The fourth-order valence-electron chi connectivity index (χ4n) is 8.57. The van der Waals surface area contributed by atoms with Gasteiger partial charge in [0.1, 0.15) is 0 Å². The molecule has 0 unspecified atom stereocenters. The van der Waals surface area contributed by atoms with E-state index < -0.39 is 0 Å². The van der Waals surface area contributed by atoms with E-state index in [2.05, 4.69) is 88.4 Å². The number of benzene rings is 2. The monoisotopic (exact) mass is 763 g/mol. The van der Waals surface area contributed by atoms with Crippen molar-refractivity contribution in [2.75, 3.05) is 0 Å². The predicted molar refractivity (Wildman–Crippen MR) is 248 cm³/mol. The van der Waals surface area contributed by atoms with Crippen LogP contribution in [0.4, 0.5) is 0 Å². The lowest BCUT2D eigenvalue weighted by Crippen LogP contribution is -2.03. The normalized spacial score (nSPS) is 13.3. The van der Waals surface area contributed by atoms with Gasteiger partial charge < -0.3 is 5.53 Å². The Hall–Kier alpha value is -2.74. The average Bonchev–Trinajstić information content (AvgIpc) is 3.50. The van der Waals surface area contributed by atoms with Gasteiger partial charge in [-0.2, -0.15) is 0 Å². The molecule has 0 spiro atoms. The van der Waals surface area contributed by atoms with Crippen LogP contribution in [0.25, 0.3) is 16.9 Å². The standard InChI is InChI=1S/C54H86N2/c1-5-9-13-14-15-16-17-18-19-20-21-22-23-24-25-26-27-28-29-30-31-32-33-34-44-52-51(43-12-8-4)53(49-41-35-39-47(45-49)37-10-6-2)56(55)54(52)50-42-36-40-48(46-50)38-11-7-3/h34-36,39-42,44-46H,5-33,37-38,43H2,1-4H3. The number of hydrogen-bond donors (Lipinski definition) is 0. The van der Waals surface area contributed by atoms with E-state index in [9.17, 15) is 5.53 Å². The number of hydrogen-bond acceptors (Lipinski definition) is 0. The van der Waals surface area contributed by atoms with Crippen LogP contribution in [0.15, 0.2) is 71.8 Å². The molecule has 1 heterocycles. The zero-order chi connectivity index (χ0) is 39.9. The van der Waals surface area contributed by atoms with Gasteiger partial charge in [0.05, 0.1) is 5.57 Å². The lowest BCUT2D eigenvalue weighted by molar-refractivity contribution is -0.345. The molecule has 0 radical (unpaired) electrons. The van der Waals surface area contributed by atoms with Gasteiger partial charge in [-0.1, -0.05) is 218 Å². The highest BCUT2D eigenvalue weighted by Crippen LogP contribution is 2.43. The molecule has 0 fully saturated rings. The molecule has 0 amide bonds. The molecule has 56 heavy (non-hydrogen) atoms. The third kappa shape index (κ3) is 18.7. The summed E-state index contributed by atoms with van der Waals surface area (Å²) in [6, 6.07) is 17.9. The van der Waals surface area contributed by atoms with E-state index in [1.165, 1.54) is 189 Å². The van der Waals surface area contributed by atoms with Crippen molar-refractivity contribution in [3.63, 3.8) is 0 Å². The summed E-state index contributed by atoms with van der Waals surface area (Å²) in [5.74, 6) is 0. The molecule has 312 valence electrons. The topological polar surface area (TPSA) is 25.3 Å². The van der Waals surface area contributed by atoms with Gasteiger partial charge in [0.2, 0.25) is 11.4 Å². The average molecular weight is 763 g/mol. The Bertz CT molecular complexity index is 1420. The van der Waals surface area contributed by atoms with Gasteiger partial charge in [-0.25, -0.2) is 4.70 Å². The minimum atomic E-state index is 0.953. The van der Waals surface area contributed by atoms with E-state index in [0.29, 0.717) is 0 Å². The molecule has 2 aromatic rings. The first-order chi connectivity index (χ1) is 27.6. The molecule has 0 saturated heterocycles. The van der Waals surface area contributed by atoms with Gasteiger partial charge in [0, 0.05) is 16.7 Å². The van der Waals surface area contributed by atoms with E-state index in [-0.39, 0.29) is 0 Å². The molecule has 1 aliphatic rings. The van der Waals surface area contributed by atoms with Crippen molar-refractivity contribution in [1.29, 1.82) is 0 Å². The summed E-state index contributed by atoms with van der Waals surface area (Å²) in [5, 5.41) is 0. The summed E-state index contributed by atoms with van der Waals surface area (Å²) >= 11 is 0. The van der Waals surface area contributed by atoms with Crippen LogP contribution < -0.4 is 0 Å². The van der Waals surface area contributed by atoms with Crippen molar-refractivity contribution in [3.05, 3.63) is 99.6 Å². The predicted octanol–water partition coefficient (Wildman–Crippen LogP) is 18.3. The highest BCUT2D eigenvalue weighted by molar-refractivity contribution is 5.84. The Morgan fingerprint density at radius 2 is 0.804 bits per heavy atom. The first-order valence-corrected chi connectivity index (χ1v) is 24.5. The maximum absolute atomic E-state index is 12.1. The molecule has 0 saturated carbocycles. The van der Waals surface area contributed by atoms with E-state index in [1.807, 2.05) is 0 Å². The Kier molecular flexibility index (Phi) is 26.6. The summed E-state index contributed by atoms with van der Waals surface area (Å²) in [5.41, 5.74) is 21.5. The van der Waals surface area contributed by atoms with Crippen LogP contribution in [0.3, 0.4) is 0 Å². The molecule has 0 aromatic heterocycles. The number of nitrogens with zero attached hydrogens (tertiary/aromatic N) is 2. The SMILES string of the molecule is CCCCCCCCCCCCCCCCCCCCCCCCC=CC1=C(c2cccc(CCCC)c2)[N+](=[N-])C(c2cccc(CCCC)c2)=C1CCCC. The second-order valence-corrected chi connectivity index (χ2v) is 17.2. The van der Waals surface area contributed by atoms with Crippen molar-refractivity contribution >= 4 is 11.4 Å². The van der Waals surface area contributed by atoms with E-state index >= 15 is 0 Å². The van der Waals surface area contributed by atoms with E-state index in [0.717, 1.165) is 61.0 Å². The second kappa shape index (κ2) is 31.3. The van der Waals surface area contributed by atoms with Crippen LogP contribution >= 0.6 is 0 Å². The fourth-order valence-corrected chi connectivity index (χ4v) is 8.57. The van der Waals surface area contributed by atoms with Gasteiger partial charge in [-0.15, -0.1) is 0 Å². The Morgan fingerprint density at radius 1 is 0.429 bits per heavy atom. The maximum Gasteiger partial charge on any atom is 0.215 e.